The summed E-state index contributed by atoms with van der Waals surface area (Å²) in [7, 11) is -2.20. The molecule has 1 amide bonds. The van der Waals surface area contributed by atoms with Gasteiger partial charge in [0.1, 0.15) is 0 Å². The van der Waals surface area contributed by atoms with Crippen molar-refractivity contribution in [3.8, 4) is 0 Å². The number of nitrogens with one attached hydrogen (secondary N) is 1. The van der Waals surface area contributed by atoms with Gasteiger partial charge < -0.3 is 10.1 Å². The second-order valence-corrected chi connectivity index (χ2v) is 9.91. The van der Waals surface area contributed by atoms with Crippen LogP contribution in [0.1, 0.15) is 49.3 Å². The molecule has 8 heteroatoms. The highest BCUT2D eigenvalue weighted by Crippen LogP contribution is 2.21. The minimum Gasteiger partial charge on any atom is -0.469 e. The molecule has 176 valence electrons. The molecule has 0 aromatic heterocycles. The Bertz CT molecular complexity index is 1060. The van der Waals surface area contributed by atoms with E-state index in [1.165, 1.54) is 13.2 Å². The standard InChI is InChI=1S/C25H30N2O5S/c1-32-25(29)19-23(21-9-5-4-6-10-21)26-24(28)16-13-20-11-14-22(15-12-20)33(30,31)27-17-7-2-3-8-18-27/h4-6,9-16,23H,2-3,7-8,17-19H2,1H3,(H,26,28)/b16-13+. The van der Waals surface area contributed by atoms with Crippen molar-refractivity contribution >= 4 is 28.0 Å². The van der Waals surface area contributed by atoms with Gasteiger partial charge in [-0.2, -0.15) is 4.31 Å². The van der Waals surface area contributed by atoms with Gasteiger partial charge >= 0.3 is 5.97 Å². The van der Waals surface area contributed by atoms with Gasteiger partial charge in [0, 0.05) is 19.2 Å². The number of amides is 1. The Morgan fingerprint density at radius 2 is 1.64 bits per heavy atom. The average molecular weight is 471 g/mol. The Labute approximate surface area is 195 Å². The van der Waals surface area contributed by atoms with Crippen molar-refractivity contribution in [3.63, 3.8) is 0 Å². The number of sulfonamides is 1. The van der Waals surface area contributed by atoms with Crippen LogP contribution in [0.5, 0.6) is 0 Å². The molecule has 1 fully saturated rings. The lowest BCUT2D eigenvalue weighted by molar-refractivity contribution is -0.141. The summed E-state index contributed by atoms with van der Waals surface area (Å²) in [5.74, 6) is -0.789. The Balaban J connectivity index is 1.66. The van der Waals surface area contributed by atoms with Gasteiger partial charge in [-0.25, -0.2) is 8.42 Å². The smallest absolute Gasteiger partial charge is 0.307 e. The van der Waals surface area contributed by atoms with E-state index in [0.29, 0.717) is 18.7 Å². The van der Waals surface area contributed by atoms with Gasteiger partial charge in [0.05, 0.1) is 24.5 Å². The van der Waals surface area contributed by atoms with Crippen LogP contribution in [-0.4, -0.2) is 44.8 Å². The number of benzene rings is 2. The predicted molar refractivity (Wildman–Crippen MR) is 127 cm³/mol. The molecule has 0 aliphatic carbocycles. The molecule has 1 atom stereocenters. The highest BCUT2D eigenvalue weighted by Gasteiger charge is 2.24. The van der Waals surface area contributed by atoms with Gasteiger partial charge in [0.2, 0.25) is 15.9 Å². The maximum atomic E-state index is 12.9. The first-order chi connectivity index (χ1) is 15.9. The average Bonchev–Trinajstić information content (AvgIpc) is 3.13. The number of carbonyl (C=O) groups excluding carboxylic acids is 2. The summed E-state index contributed by atoms with van der Waals surface area (Å²) in [4.78, 5) is 24.5. The predicted octanol–water partition coefficient (Wildman–Crippen LogP) is 3.69. The van der Waals surface area contributed by atoms with Gasteiger partial charge in [0.25, 0.3) is 0 Å². The molecular weight excluding hydrogens is 440 g/mol. The van der Waals surface area contributed by atoms with Crippen LogP contribution >= 0.6 is 0 Å². The molecule has 2 aromatic rings. The summed E-state index contributed by atoms with van der Waals surface area (Å²) in [6, 6.07) is 15.2. The molecule has 0 bridgehead atoms. The number of rotatable bonds is 8. The zero-order chi connectivity index (χ0) is 23.7. The topological polar surface area (TPSA) is 92.8 Å². The Morgan fingerprint density at radius 1 is 1.00 bits per heavy atom. The minimum atomic E-state index is -3.51. The number of esters is 1. The van der Waals surface area contributed by atoms with Crippen LogP contribution in [-0.2, 0) is 24.3 Å². The molecule has 0 spiro atoms. The summed E-state index contributed by atoms with van der Waals surface area (Å²) in [5.41, 5.74) is 1.50. The van der Waals surface area contributed by atoms with Crippen LogP contribution in [0.3, 0.4) is 0 Å². The molecular formula is C25H30N2O5S. The lowest BCUT2D eigenvalue weighted by Gasteiger charge is -2.19. The SMILES string of the molecule is COC(=O)CC(NC(=O)/C=C/c1ccc(S(=O)(=O)N2CCCCCC2)cc1)c1ccccc1. The van der Waals surface area contributed by atoms with Crippen molar-refractivity contribution in [2.75, 3.05) is 20.2 Å². The zero-order valence-electron chi connectivity index (χ0n) is 18.8. The van der Waals surface area contributed by atoms with E-state index < -0.39 is 22.0 Å². The summed E-state index contributed by atoms with van der Waals surface area (Å²) in [6.07, 6.45) is 6.88. The van der Waals surface area contributed by atoms with E-state index in [2.05, 4.69) is 5.32 Å². The fraction of sp³-hybridized carbons (Fsp3) is 0.360. The molecule has 2 aromatic carbocycles. The summed E-state index contributed by atoms with van der Waals surface area (Å²) < 4.78 is 32.1. The van der Waals surface area contributed by atoms with Crippen molar-refractivity contribution in [1.82, 2.24) is 9.62 Å². The normalized spacial score (nSPS) is 16.2. The Hall–Kier alpha value is -2.97. The third-order valence-corrected chi connectivity index (χ3v) is 7.54. The van der Waals surface area contributed by atoms with Gasteiger partial charge in [-0.05, 0) is 42.2 Å². The first kappa shape index (κ1) is 24.7. The van der Waals surface area contributed by atoms with E-state index >= 15 is 0 Å². The highest BCUT2D eigenvalue weighted by atomic mass is 32.2. The molecule has 3 rings (SSSR count). The van der Waals surface area contributed by atoms with Crippen molar-refractivity contribution in [2.24, 2.45) is 0 Å². The number of carbonyl (C=O) groups is 2. The summed E-state index contributed by atoms with van der Waals surface area (Å²) in [6.45, 7) is 1.11. The third kappa shape index (κ3) is 7.00. The molecule has 1 N–H and O–H groups in total. The van der Waals surface area contributed by atoms with Gasteiger partial charge in [0.15, 0.2) is 0 Å². The van der Waals surface area contributed by atoms with E-state index in [1.807, 2.05) is 30.3 Å². The number of hydrogen-bond acceptors (Lipinski definition) is 5. The number of nitrogens with zero attached hydrogens (tertiary/aromatic N) is 1. The molecule has 1 aliphatic heterocycles. The summed E-state index contributed by atoms with van der Waals surface area (Å²) in [5, 5.41) is 2.82. The number of ether oxygens (including phenoxy) is 1. The van der Waals surface area contributed by atoms with Crippen LogP contribution in [0.25, 0.3) is 6.08 Å². The van der Waals surface area contributed by atoms with E-state index in [4.69, 9.17) is 4.74 Å². The van der Waals surface area contributed by atoms with Crippen LogP contribution in [0.4, 0.5) is 0 Å². The molecule has 1 heterocycles. The Morgan fingerprint density at radius 3 is 2.24 bits per heavy atom. The molecule has 0 radical (unpaired) electrons. The lowest BCUT2D eigenvalue weighted by atomic mass is 10.0. The van der Waals surface area contributed by atoms with Crippen molar-refractivity contribution in [3.05, 3.63) is 71.8 Å². The molecule has 33 heavy (non-hydrogen) atoms. The third-order valence-electron chi connectivity index (χ3n) is 5.63. The minimum absolute atomic E-state index is 0.0170. The zero-order valence-corrected chi connectivity index (χ0v) is 19.6. The summed E-state index contributed by atoms with van der Waals surface area (Å²) >= 11 is 0. The van der Waals surface area contributed by atoms with Crippen LogP contribution in [0.15, 0.2) is 65.6 Å². The first-order valence-corrected chi connectivity index (χ1v) is 12.5. The van der Waals surface area contributed by atoms with Crippen molar-refractivity contribution in [1.29, 1.82) is 0 Å². The van der Waals surface area contributed by atoms with E-state index in [0.717, 1.165) is 31.2 Å². The number of methoxy groups -OCH3 is 1. The number of hydrogen-bond donors (Lipinski definition) is 1. The largest absolute Gasteiger partial charge is 0.469 e. The quantitative estimate of drug-likeness (QED) is 0.469. The van der Waals surface area contributed by atoms with Crippen LogP contribution < -0.4 is 5.32 Å². The van der Waals surface area contributed by atoms with Gasteiger partial charge in [-0.15, -0.1) is 0 Å². The second-order valence-electron chi connectivity index (χ2n) is 7.97. The van der Waals surface area contributed by atoms with Crippen LogP contribution in [0, 0.1) is 0 Å². The maximum absolute atomic E-state index is 12.9. The van der Waals surface area contributed by atoms with E-state index in [1.54, 1.807) is 34.6 Å². The fourth-order valence-corrected chi connectivity index (χ4v) is 5.28. The first-order valence-electron chi connectivity index (χ1n) is 11.1. The van der Waals surface area contributed by atoms with Crippen molar-refractivity contribution in [2.45, 2.75) is 43.0 Å². The Kier molecular flexibility index (Phi) is 8.79. The van der Waals surface area contributed by atoms with E-state index in [-0.39, 0.29) is 17.2 Å². The monoisotopic (exact) mass is 470 g/mol. The highest BCUT2D eigenvalue weighted by molar-refractivity contribution is 7.89. The van der Waals surface area contributed by atoms with Crippen molar-refractivity contribution < 1.29 is 22.7 Å². The van der Waals surface area contributed by atoms with Gasteiger partial charge in [-0.1, -0.05) is 55.3 Å². The molecule has 7 nitrogen and oxygen atoms in total. The lowest BCUT2D eigenvalue weighted by Crippen LogP contribution is -2.31. The van der Waals surface area contributed by atoms with Gasteiger partial charge in [-0.3, -0.25) is 9.59 Å². The van der Waals surface area contributed by atoms with E-state index in [9.17, 15) is 18.0 Å². The maximum Gasteiger partial charge on any atom is 0.307 e. The second kappa shape index (κ2) is 11.8. The molecule has 1 unspecified atom stereocenters. The molecule has 1 saturated heterocycles. The molecule has 0 saturated carbocycles. The molecule has 1 aliphatic rings. The van der Waals surface area contributed by atoms with Crippen LogP contribution in [0.2, 0.25) is 0 Å². The fourth-order valence-electron chi connectivity index (χ4n) is 3.76.